The second kappa shape index (κ2) is 13.1. The molecule has 11 heavy (non-hydrogen) atoms. The van der Waals surface area contributed by atoms with Gasteiger partial charge in [-0.25, -0.2) is 0 Å². The van der Waals surface area contributed by atoms with E-state index in [1.165, 1.54) is 11.8 Å². The predicted octanol–water partition coefficient (Wildman–Crippen LogP) is -10.3. The Labute approximate surface area is 107 Å². The van der Waals surface area contributed by atoms with Crippen LogP contribution in [0.5, 0.6) is 0 Å². The number of aliphatic carboxylic acids is 2. The quantitative estimate of drug-likeness (QED) is 0.269. The van der Waals surface area contributed by atoms with E-state index < -0.39 is 11.9 Å². The van der Waals surface area contributed by atoms with E-state index in [-0.39, 0.29) is 64.6 Å². The summed E-state index contributed by atoms with van der Waals surface area (Å²) in [5.41, 5.74) is 0. The van der Waals surface area contributed by atoms with Gasteiger partial charge < -0.3 is 25.3 Å². The molecule has 0 aliphatic heterocycles. The Bertz CT molecular complexity index is 161. The average molecular weight is 176 g/mol. The summed E-state index contributed by atoms with van der Waals surface area (Å²) in [4.78, 5) is 18.7. The Balaban J connectivity index is -0.0000000817. The molecule has 0 aliphatic carbocycles. The molecule has 0 radical (unpaired) electrons. The second-order valence-electron chi connectivity index (χ2n) is 0.825. The van der Waals surface area contributed by atoms with Gasteiger partial charge in [-0.3, -0.25) is 0 Å². The van der Waals surface area contributed by atoms with Crippen LogP contribution in [0.3, 0.4) is 0 Å². The number of carbonyl (C=O) groups excluding carboxylic acids is 2. The minimum atomic E-state index is -1.73. The van der Waals surface area contributed by atoms with Crippen LogP contribution in [0.2, 0.25) is 0 Å². The van der Waals surface area contributed by atoms with Crippen molar-refractivity contribution in [3.63, 3.8) is 0 Å². The first-order valence-electron chi connectivity index (χ1n) is 1.57. The van der Waals surface area contributed by atoms with E-state index in [4.69, 9.17) is 0 Å². The minimum Gasteiger partial charge on any atom is -0.537 e. The molecule has 0 aromatic carbocycles. The third kappa shape index (κ3) is 25.1. The van der Waals surface area contributed by atoms with Crippen LogP contribution < -0.4 is 69.3 Å². The van der Waals surface area contributed by atoms with Gasteiger partial charge in [0.25, 0.3) is 0 Å². The fourth-order valence-electron chi connectivity index (χ4n) is 0.102. The topological polar surface area (TPSA) is 112 Å². The summed E-state index contributed by atoms with van der Waals surface area (Å²) in [6.07, 6.45) is 0. The first-order valence-corrected chi connectivity index (χ1v) is 1.57. The Morgan fingerprint density at radius 2 is 1.09 bits per heavy atom. The summed E-state index contributed by atoms with van der Waals surface area (Å²) in [5, 5.41) is 18.7. The van der Waals surface area contributed by atoms with Crippen molar-refractivity contribution in [3.8, 4) is 11.8 Å². The van der Waals surface area contributed by atoms with E-state index in [1.807, 2.05) is 0 Å². The summed E-state index contributed by atoms with van der Waals surface area (Å²) in [6.45, 7) is 0. The van der Waals surface area contributed by atoms with Gasteiger partial charge in [-0.2, -0.15) is 0 Å². The standard InChI is InChI=1S/C4H2O4.2Na.H2O/c5-3(6)1-2-4(7)8;;;/h(H,5,6)(H,7,8);;;1H2/q;2*+1;/p-2. The van der Waals surface area contributed by atoms with Crippen molar-refractivity contribution in [2.24, 2.45) is 0 Å². The van der Waals surface area contributed by atoms with Gasteiger partial charge in [0.15, 0.2) is 0 Å². The Morgan fingerprint density at radius 3 is 1.18 bits per heavy atom. The van der Waals surface area contributed by atoms with Crippen LogP contribution in [0.25, 0.3) is 0 Å². The van der Waals surface area contributed by atoms with Gasteiger partial charge in [-0.05, 0) is 11.8 Å². The summed E-state index contributed by atoms with van der Waals surface area (Å²) in [6, 6.07) is 0. The minimum absolute atomic E-state index is 0. The van der Waals surface area contributed by atoms with Crippen molar-refractivity contribution in [1.29, 1.82) is 0 Å². The molecule has 5 nitrogen and oxygen atoms in total. The molecule has 2 N–H and O–H groups in total. The fourth-order valence-corrected chi connectivity index (χ4v) is 0.102. The molecule has 0 atom stereocenters. The molecule has 0 amide bonds. The summed E-state index contributed by atoms with van der Waals surface area (Å²) >= 11 is 0. The van der Waals surface area contributed by atoms with Gasteiger partial charge >= 0.3 is 59.1 Å². The van der Waals surface area contributed by atoms with Gasteiger partial charge in [0.05, 0.1) is 0 Å². The molecule has 0 rings (SSSR count). The van der Waals surface area contributed by atoms with E-state index in [1.54, 1.807) is 0 Å². The average Bonchev–Trinajstić information content (AvgIpc) is 1.61. The predicted molar refractivity (Wildman–Crippen MR) is 21.4 cm³/mol. The number of hydrogen-bond acceptors (Lipinski definition) is 4. The maximum atomic E-state index is 9.33. The van der Waals surface area contributed by atoms with Crippen LogP contribution in [0, 0.1) is 11.8 Å². The third-order valence-electron chi connectivity index (χ3n) is 0.267. The Hall–Kier alpha value is 0.460. The van der Waals surface area contributed by atoms with Crippen LogP contribution >= 0.6 is 0 Å². The molecule has 0 fully saturated rings. The van der Waals surface area contributed by atoms with Crippen molar-refractivity contribution in [1.82, 2.24) is 0 Å². The van der Waals surface area contributed by atoms with Crippen molar-refractivity contribution < 1.29 is 84.4 Å². The SMILES string of the molecule is O.O=C([O-])C#CC(=O)[O-].[Na+].[Na+]. The van der Waals surface area contributed by atoms with Crippen LogP contribution in [-0.2, 0) is 9.59 Å². The molecule has 0 saturated heterocycles. The Morgan fingerprint density at radius 1 is 0.909 bits per heavy atom. The molecule has 0 spiro atoms. The maximum absolute atomic E-state index is 9.33. The molecule has 0 aromatic rings. The zero-order chi connectivity index (χ0) is 6.57. The van der Waals surface area contributed by atoms with Gasteiger partial charge in [-0.1, -0.05) is 0 Å². The number of carboxylic acids is 2. The van der Waals surface area contributed by atoms with Crippen LogP contribution in [0.1, 0.15) is 0 Å². The van der Waals surface area contributed by atoms with Crippen molar-refractivity contribution in [2.45, 2.75) is 0 Å². The molecule has 0 unspecified atom stereocenters. The fraction of sp³-hybridized carbons (Fsp3) is 0. The van der Waals surface area contributed by atoms with E-state index >= 15 is 0 Å². The van der Waals surface area contributed by atoms with Gasteiger partial charge in [0, 0.05) is 0 Å². The normalized spacial score (nSPS) is 4.73. The summed E-state index contributed by atoms with van der Waals surface area (Å²) < 4.78 is 0. The van der Waals surface area contributed by atoms with E-state index in [2.05, 4.69) is 0 Å². The van der Waals surface area contributed by atoms with Crippen LogP contribution in [0.4, 0.5) is 0 Å². The van der Waals surface area contributed by atoms with Gasteiger partial charge in [0.1, 0.15) is 11.9 Å². The molecule has 0 aromatic heterocycles. The van der Waals surface area contributed by atoms with Crippen LogP contribution in [0.15, 0.2) is 0 Å². The number of carboxylic acid groups (broad SMARTS) is 2. The summed E-state index contributed by atoms with van der Waals surface area (Å²) in [5.74, 6) is -0.978. The number of carbonyl (C=O) groups is 2. The first kappa shape index (κ1) is 22.5. The molecular weight excluding hydrogens is 174 g/mol. The first-order chi connectivity index (χ1) is 3.63. The molecular formula is C4H2Na2O5. The molecule has 7 heteroatoms. The second-order valence-corrected chi connectivity index (χ2v) is 0.825. The molecule has 0 aliphatic rings. The maximum Gasteiger partial charge on any atom is 1.00 e. The zero-order valence-corrected chi connectivity index (χ0v) is 10.1. The third-order valence-corrected chi connectivity index (χ3v) is 0.267. The number of hydrogen-bond donors (Lipinski definition) is 0. The Kier molecular flexibility index (Phi) is 26.8. The molecule has 0 saturated carbocycles. The van der Waals surface area contributed by atoms with Crippen molar-refractivity contribution in [3.05, 3.63) is 0 Å². The van der Waals surface area contributed by atoms with Gasteiger partial charge in [0.2, 0.25) is 0 Å². The summed E-state index contributed by atoms with van der Waals surface area (Å²) in [7, 11) is 0. The van der Waals surface area contributed by atoms with E-state index in [0.29, 0.717) is 0 Å². The molecule has 0 heterocycles. The largest absolute Gasteiger partial charge is 1.00 e. The van der Waals surface area contributed by atoms with Gasteiger partial charge in [-0.15, -0.1) is 0 Å². The van der Waals surface area contributed by atoms with Crippen molar-refractivity contribution in [2.75, 3.05) is 0 Å². The number of rotatable bonds is 0. The zero-order valence-electron chi connectivity index (χ0n) is 6.13. The van der Waals surface area contributed by atoms with E-state index in [0.717, 1.165) is 0 Å². The molecule has 50 valence electrons. The smallest absolute Gasteiger partial charge is 0.537 e. The van der Waals surface area contributed by atoms with Crippen molar-refractivity contribution >= 4 is 11.9 Å². The van der Waals surface area contributed by atoms with E-state index in [9.17, 15) is 19.8 Å². The van der Waals surface area contributed by atoms with Crippen LogP contribution in [-0.4, -0.2) is 17.4 Å². The molecule has 0 bridgehead atoms. The monoisotopic (exact) mass is 176 g/mol.